The first kappa shape index (κ1) is 13.2. The van der Waals surface area contributed by atoms with E-state index in [9.17, 15) is 9.59 Å². The molecule has 2 amide bonds. The van der Waals surface area contributed by atoms with Gasteiger partial charge in [0, 0.05) is 19.8 Å². The summed E-state index contributed by atoms with van der Waals surface area (Å²) in [5.41, 5.74) is 0. The number of aliphatic carboxylic acids is 1. The average molecular weight is 246 g/mol. The molecule has 1 heterocycles. The lowest BCUT2D eigenvalue weighted by atomic mass is 10.2. The number of carbonyl (C=O) groups excluding carboxylic acids is 1. The summed E-state index contributed by atoms with van der Waals surface area (Å²) in [7, 11) is 3.29. The molecule has 0 spiro atoms. The second kappa shape index (κ2) is 5.43. The topological polar surface area (TPSA) is 60.9 Å². The normalized spacial score (nSPS) is 24.6. The highest BCUT2D eigenvalue weighted by atomic mass is 32.2. The molecule has 1 saturated heterocycles. The zero-order valence-corrected chi connectivity index (χ0v) is 10.7. The SMILES string of the molecule is CCCC1SCC(C(=O)O)N1C(=O)N(C)C. The van der Waals surface area contributed by atoms with Gasteiger partial charge in [0.25, 0.3) is 0 Å². The molecule has 16 heavy (non-hydrogen) atoms. The van der Waals surface area contributed by atoms with Gasteiger partial charge >= 0.3 is 12.0 Å². The Kier molecular flexibility index (Phi) is 4.46. The molecule has 92 valence electrons. The van der Waals surface area contributed by atoms with Crippen LogP contribution < -0.4 is 0 Å². The summed E-state index contributed by atoms with van der Waals surface area (Å²) in [5.74, 6) is -0.430. The fraction of sp³-hybridized carbons (Fsp3) is 0.800. The van der Waals surface area contributed by atoms with Gasteiger partial charge < -0.3 is 10.0 Å². The molecule has 0 saturated carbocycles. The maximum absolute atomic E-state index is 11.9. The van der Waals surface area contributed by atoms with Crippen LogP contribution in [0.15, 0.2) is 0 Å². The number of amides is 2. The summed E-state index contributed by atoms with van der Waals surface area (Å²) in [6.07, 6.45) is 1.79. The molecule has 1 rings (SSSR count). The first-order chi connectivity index (χ1) is 7.49. The summed E-state index contributed by atoms with van der Waals surface area (Å²) in [4.78, 5) is 25.9. The van der Waals surface area contributed by atoms with Crippen LogP contribution in [-0.2, 0) is 4.79 Å². The van der Waals surface area contributed by atoms with Crippen molar-refractivity contribution in [3.63, 3.8) is 0 Å². The number of thioether (sulfide) groups is 1. The second-order valence-corrected chi connectivity index (χ2v) is 5.23. The standard InChI is InChI=1S/C10H18N2O3S/c1-4-5-8-12(10(15)11(2)3)7(6-16-8)9(13)14/h7-8H,4-6H2,1-3H3,(H,13,14). The Hall–Kier alpha value is -0.910. The first-order valence-corrected chi connectivity index (χ1v) is 6.38. The Morgan fingerprint density at radius 3 is 2.56 bits per heavy atom. The van der Waals surface area contributed by atoms with Gasteiger partial charge in [-0.1, -0.05) is 13.3 Å². The molecule has 0 bridgehead atoms. The van der Waals surface area contributed by atoms with Crippen LogP contribution in [0.25, 0.3) is 0 Å². The van der Waals surface area contributed by atoms with Crippen molar-refractivity contribution in [2.24, 2.45) is 0 Å². The lowest BCUT2D eigenvalue weighted by molar-refractivity contribution is -0.141. The van der Waals surface area contributed by atoms with E-state index in [1.165, 1.54) is 9.80 Å². The average Bonchev–Trinajstić information content (AvgIpc) is 2.61. The summed E-state index contributed by atoms with van der Waals surface area (Å²) in [6.45, 7) is 2.03. The molecule has 1 N–H and O–H groups in total. The minimum atomic E-state index is -0.915. The molecule has 6 heteroatoms. The van der Waals surface area contributed by atoms with Crippen molar-refractivity contribution in [1.29, 1.82) is 0 Å². The van der Waals surface area contributed by atoms with Crippen LogP contribution >= 0.6 is 11.8 Å². The lowest BCUT2D eigenvalue weighted by Crippen LogP contribution is -2.49. The van der Waals surface area contributed by atoms with Crippen molar-refractivity contribution < 1.29 is 14.7 Å². The summed E-state index contributed by atoms with van der Waals surface area (Å²) >= 11 is 1.55. The number of hydrogen-bond donors (Lipinski definition) is 1. The molecule has 0 aromatic rings. The monoisotopic (exact) mass is 246 g/mol. The van der Waals surface area contributed by atoms with Crippen LogP contribution in [0.1, 0.15) is 19.8 Å². The molecule has 0 aromatic carbocycles. The van der Waals surface area contributed by atoms with Gasteiger partial charge in [-0.3, -0.25) is 4.90 Å². The Morgan fingerprint density at radius 1 is 1.50 bits per heavy atom. The van der Waals surface area contributed by atoms with E-state index in [1.54, 1.807) is 25.9 Å². The number of rotatable bonds is 3. The predicted octanol–water partition coefficient (Wildman–Crippen LogP) is 1.30. The van der Waals surface area contributed by atoms with Crippen LogP contribution in [0.3, 0.4) is 0 Å². The fourth-order valence-electron chi connectivity index (χ4n) is 1.71. The highest BCUT2D eigenvalue weighted by Crippen LogP contribution is 2.32. The Bertz CT molecular complexity index is 283. The number of carboxylic acids is 1. The molecule has 0 aliphatic carbocycles. The molecular formula is C10H18N2O3S. The number of urea groups is 1. The van der Waals surface area contributed by atoms with Crippen molar-refractivity contribution >= 4 is 23.8 Å². The third-order valence-electron chi connectivity index (χ3n) is 2.52. The van der Waals surface area contributed by atoms with Crippen molar-refractivity contribution in [1.82, 2.24) is 9.80 Å². The van der Waals surface area contributed by atoms with Gasteiger partial charge in [-0.25, -0.2) is 9.59 Å². The minimum Gasteiger partial charge on any atom is -0.480 e. The quantitative estimate of drug-likeness (QED) is 0.815. The van der Waals surface area contributed by atoms with Gasteiger partial charge in [0.15, 0.2) is 0 Å². The van der Waals surface area contributed by atoms with Crippen LogP contribution in [0.5, 0.6) is 0 Å². The van der Waals surface area contributed by atoms with E-state index in [4.69, 9.17) is 5.11 Å². The first-order valence-electron chi connectivity index (χ1n) is 5.33. The van der Waals surface area contributed by atoms with Gasteiger partial charge in [-0.2, -0.15) is 0 Å². The Morgan fingerprint density at radius 2 is 2.12 bits per heavy atom. The summed E-state index contributed by atoms with van der Waals surface area (Å²) < 4.78 is 0. The zero-order chi connectivity index (χ0) is 12.3. The third-order valence-corrected chi connectivity index (χ3v) is 3.87. The molecule has 1 aliphatic rings. The van der Waals surface area contributed by atoms with Gasteiger partial charge in [0.2, 0.25) is 0 Å². The van der Waals surface area contributed by atoms with E-state index in [2.05, 4.69) is 0 Å². The zero-order valence-electron chi connectivity index (χ0n) is 9.84. The van der Waals surface area contributed by atoms with E-state index < -0.39 is 12.0 Å². The third kappa shape index (κ3) is 2.61. The van der Waals surface area contributed by atoms with Gasteiger partial charge in [0.1, 0.15) is 6.04 Å². The van der Waals surface area contributed by atoms with Gasteiger partial charge in [-0.05, 0) is 6.42 Å². The molecule has 2 unspecified atom stereocenters. The van der Waals surface area contributed by atoms with Crippen molar-refractivity contribution in [2.75, 3.05) is 19.8 Å². The molecule has 1 aliphatic heterocycles. The number of nitrogens with zero attached hydrogens (tertiary/aromatic N) is 2. The molecule has 5 nitrogen and oxygen atoms in total. The van der Waals surface area contributed by atoms with E-state index in [0.29, 0.717) is 5.75 Å². The molecule has 0 radical (unpaired) electrons. The van der Waals surface area contributed by atoms with Crippen LogP contribution in [0, 0.1) is 0 Å². The van der Waals surface area contributed by atoms with E-state index in [-0.39, 0.29) is 11.4 Å². The lowest BCUT2D eigenvalue weighted by Gasteiger charge is -2.29. The Labute approximate surface area is 99.8 Å². The molecule has 0 aromatic heterocycles. The molecular weight excluding hydrogens is 228 g/mol. The van der Waals surface area contributed by atoms with Crippen LogP contribution in [0.2, 0.25) is 0 Å². The highest BCUT2D eigenvalue weighted by molar-refractivity contribution is 8.00. The highest BCUT2D eigenvalue weighted by Gasteiger charge is 2.41. The Balaban J connectivity index is 2.84. The van der Waals surface area contributed by atoms with Gasteiger partial charge in [-0.15, -0.1) is 11.8 Å². The maximum Gasteiger partial charge on any atom is 0.327 e. The smallest absolute Gasteiger partial charge is 0.327 e. The molecule has 1 fully saturated rings. The van der Waals surface area contributed by atoms with Crippen molar-refractivity contribution in [3.8, 4) is 0 Å². The van der Waals surface area contributed by atoms with Gasteiger partial charge in [0.05, 0.1) is 5.37 Å². The van der Waals surface area contributed by atoms with Crippen molar-refractivity contribution in [2.45, 2.75) is 31.2 Å². The molecule has 2 atom stereocenters. The van der Waals surface area contributed by atoms with E-state index >= 15 is 0 Å². The minimum absolute atomic E-state index is 0.000926. The summed E-state index contributed by atoms with van der Waals surface area (Å²) in [6, 6.07) is -0.896. The fourth-order valence-corrected chi connectivity index (χ4v) is 3.22. The second-order valence-electron chi connectivity index (χ2n) is 4.01. The van der Waals surface area contributed by atoms with Crippen LogP contribution in [-0.4, -0.2) is 58.2 Å². The number of hydrogen-bond acceptors (Lipinski definition) is 3. The van der Waals surface area contributed by atoms with Crippen LogP contribution in [0.4, 0.5) is 4.79 Å². The maximum atomic E-state index is 11.9. The summed E-state index contributed by atoms with van der Waals surface area (Å²) in [5, 5.41) is 9.08. The number of carbonyl (C=O) groups is 2. The largest absolute Gasteiger partial charge is 0.480 e. The number of carboxylic acid groups (broad SMARTS) is 1. The van der Waals surface area contributed by atoms with E-state index in [1.807, 2.05) is 6.92 Å². The van der Waals surface area contributed by atoms with Crippen molar-refractivity contribution in [3.05, 3.63) is 0 Å². The predicted molar refractivity (Wildman–Crippen MR) is 63.5 cm³/mol. The van der Waals surface area contributed by atoms with E-state index in [0.717, 1.165) is 12.8 Å².